The van der Waals surface area contributed by atoms with Crippen LogP contribution in [0.15, 0.2) is 58.8 Å². The number of benzene rings is 2. The third-order valence-electron chi connectivity index (χ3n) is 4.54. The number of anilines is 1. The molecule has 2 rings (SSSR count). The van der Waals surface area contributed by atoms with Gasteiger partial charge in [0, 0.05) is 31.7 Å². The second kappa shape index (κ2) is 10.3. The van der Waals surface area contributed by atoms with Crippen LogP contribution in [0.2, 0.25) is 0 Å². The van der Waals surface area contributed by atoms with Crippen molar-refractivity contribution >= 4 is 35.9 Å². The molecule has 0 spiro atoms. The molecule has 0 saturated carbocycles. The van der Waals surface area contributed by atoms with Crippen molar-refractivity contribution in [1.29, 1.82) is 0 Å². The fraction of sp³-hybridized carbons (Fsp3) is 0.350. The van der Waals surface area contributed by atoms with E-state index in [9.17, 15) is 19.1 Å². The van der Waals surface area contributed by atoms with E-state index in [0.717, 1.165) is 12.1 Å². The number of hydrogen-bond donors (Lipinski definition) is 3. The summed E-state index contributed by atoms with van der Waals surface area (Å²) in [5.74, 6) is 0.0896. The van der Waals surface area contributed by atoms with Gasteiger partial charge < -0.3 is 20.0 Å². The van der Waals surface area contributed by atoms with Gasteiger partial charge >= 0.3 is 7.60 Å². The Balaban J connectivity index is 1.94. The molecule has 156 valence electrons. The third-order valence-corrected chi connectivity index (χ3v) is 5.49. The number of carbonyl (C=O) groups excluding carboxylic acids is 1. The standard InChI is InChI=1S/C20H27N4O4P/c1-4-15(2)20(25)21-12-13-24(3)18-10-8-16(9-11-18)22-23-17-6-5-7-19(14-17)29(26,27)28/h5-11,14-15H,4,12-13H2,1-3H3,(H,21,25)(H2,26,27,28)/b23-22+/t15-/m0/s1. The van der Waals surface area contributed by atoms with E-state index in [0.29, 0.717) is 24.5 Å². The zero-order valence-corrected chi connectivity index (χ0v) is 17.7. The molecule has 0 heterocycles. The van der Waals surface area contributed by atoms with Gasteiger partial charge in [-0.3, -0.25) is 9.36 Å². The van der Waals surface area contributed by atoms with Gasteiger partial charge in [0.15, 0.2) is 0 Å². The van der Waals surface area contributed by atoms with Crippen LogP contribution in [-0.2, 0) is 9.36 Å². The molecule has 2 aromatic rings. The van der Waals surface area contributed by atoms with Crippen molar-refractivity contribution in [2.24, 2.45) is 16.1 Å². The number of carbonyl (C=O) groups is 1. The van der Waals surface area contributed by atoms with E-state index < -0.39 is 7.60 Å². The van der Waals surface area contributed by atoms with Crippen LogP contribution in [-0.4, -0.2) is 35.8 Å². The Labute approximate surface area is 170 Å². The summed E-state index contributed by atoms with van der Waals surface area (Å²) in [6.45, 7) is 5.15. The second-order valence-corrected chi connectivity index (χ2v) is 8.41. The number of nitrogens with zero attached hydrogens (tertiary/aromatic N) is 3. The summed E-state index contributed by atoms with van der Waals surface area (Å²) >= 11 is 0. The summed E-state index contributed by atoms with van der Waals surface area (Å²) < 4.78 is 11.3. The Morgan fingerprint density at radius 3 is 2.41 bits per heavy atom. The zero-order chi connectivity index (χ0) is 21.4. The summed E-state index contributed by atoms with van der Waals surface area (Å²) in [6, 6.07) is 13.2. The van der Waals surface area contributed by atoms with E-state index in [1.54, 1.807) is 18.2 Å². The van der Waals surface area contributed by atoms with Gasteiger partial charge in [-0.05, 0) is 48.9 Å². The number of hydrogen-bond acceptors (Lipinski definition) is 5. The molecule has 0 radical (unpaired) electrons. The summed E-state index contributed by atoms with van der Waals surface area (Å²) in [5.41, 5.74) is 1.96. The van der Waals surface area contributed by atoms with Gasteiger partial charge in [0.1, 0.15) is 0 Å². The molecule has 0 unspecified atom stereocenters. The molecule has 1 amide bonds. The fourth-order valence-corrected chi connectivity index (χ4v) is 3.04. The molecule has 0 bridgehead atoms. The summed E-state index contributed by atoms with van der Waals surface area (Å²) in [4.78, 5) is 32.3. The Morgan fingerprint density at radius 1 is 1.14 bits per heavy atom. The van der Waals surface area contributed by atoms with E-state index in [2.05, 4.69) is 15.5 Å². The SMILES string of the molecule is CC[C@H](C)C(=O)NCCN(C)c1ccc(/N=N/c2cccc(P(=O)(O)O)c2)cc1. The molecule has 9 heteroatoms. The van der Waals surface area contributed by atoms with Crippen molar-refractivity contribution in [3.63, 3.8) is 0 Å². The average molecular weight is 418 g/mol. The van der Waals surface area contributed by atoms with Crippen LogP contribution in [0, 0.1) is 5.92 Å². The predicted molar refractivity (Wildman–Crippen MR) is 114 cm³/mol. The van der Waals surface area contributed by atoms with Gasteiger partial charge in [-0.2, -0.15) is 10.2 Å². The normalized spacial score (nSPS) is 12.7. The lowest BCUT2D eigenvalue weighted by Crippen LogP contribution is -2.35. The van der Waals surface area contributed by atoms with Crippen molar-refractivity contribution in [3.05, 3.63) is 48.5 Å². The minimum absolute atomic E-state index is 0.0207. The van der Waals surface area contributed by atoms with Gasteiger partial charge in [0.2, 0.25) is 5.91 Å². The van der Waals surface area contributed by atoms with Crippen LogP contribution in [0.25, 0.3) is 0 Å². The second-order valence-electron chi connectivity index (χ2n) is 6.80. The third kappa shape index (κ3) is 7.09. The Bertz CT molecular complexity index is 896. The van der Waals surface area contributed by atoms with E-state index in [4.69, 9.17) is 0 Å². The predicted octanol–water partition coefficient (Wildman–Crippen LogP) is 3.50. The first-order chi connectivity index (χ1) is 13.7. The lowest BCUT2D eigenvalue weighted by Gasteiger charge is -2.20. The number of azo groups is 1. The Hall–Kier alpha value is -2.54. The molecule has 8 nitrogen and oxygen atoms in total. The summed E-state index contributed by atoms with van der Waals surface area (Å²) in [7, 11) is -2.37. The molecule has 2 aromatic carbocycles. The van der Waals surface area contributed by atoms with Crippen LogP contribution in [0.1, 0.15) is 20.3 Å². The summed E-state index contributed by atoms with van der Waals surface area (Å²) in [5, 5.41) is 11.0. The van der Waals surface area contributed by atoms with Crippen molar-refractivity contribution in [1.82, 2.24) is 5.32 Å². The molecule has 29 heavy (non-hydrogen) atoms. The lowest BCUT2D eigenvalue weighted by molar-refractivity contribution is -0.124. The highest BCUT2D eigenvalue weighted by Crippen LogP contribution is 2.34. The number of nitrogens with one attached hydrogen (secondary N) is 1. The minimum Gasteiger partial charge on any atom is -0.373 e. The monoisotopic (exact) mass is 418 g/mol. The lowest BCUT2D eigenvalue weighted by atomic mass is 10.1. The van der Waals surface area contributed by atoms with E-state index in [-0.39, 0.29) is 17.1 Å². The van der Waals surface area contributed by atoms with Gasteiger partial charge in [0.25, 0.3) is 0 Å². The first-order valence-electron chi connectivity index (χ1n) is 9.37. The molecule has 0 fully saturated rings. The average Bonchev–Trinajstić information content (AvgIpc) is 2.71. The van der Waals surface area contributed by atoms with Crippen molar-refractivity contribution in [3.8, 4) is 0 Å². The highest BCUT2D eigenvalue weighted by Gasteiger charge is 2.16. The molecule has 0 aromatic heterocycles. The van der Waals surface area contributed by atoms with E-state index >= 15 is 0 Å². The largest absolute Gasteiger partial charge is 0.373 e. The zero-order valence-electron chi connectivity index (χ0n) is 16.8. The molecule has 0 aliphatic carbocycles. The topological polar surface area (TPSA) is 115 Å². The molecule has 0 aliphatic heterocycles. The first kappa shape index (κ1) is 22.7. The van der Waals surface area contributed by atoms with E-state index in [1.165, 1.54) is 18.2 Å². The molecule has 0 aliphatic rings. The maximum atomic E-state index is 11.8. The van der Waals surface area contributed by atoms with Crippen molar-refractivity contribution in [2.45, 2.75) is 20.3 Å². The Morgan fingerprint density at radius 2 is 1.79 bits per heavy atom. The van der Waals surface area contributed by atoms with Gasteiger partial charge in [0.05, 0.1) is 16.7 Å². The maximum Gasteiger partial charge on any atom is 0.356 e. The van der Waals surface area contributed by atoms with Crippen LogP contribution in [0.3, 0.4) is 0 Å². The first-order valence-corrected chi connectivity index (χ1v) is 11.0. The number of amides is 1. The molecule has 3 N–H and O–H groups in total. The van der Waals surface area contributed by atoms with Crippen LogP contribution < -0.4 is 15.5 Å². The maximum absolute atomic E-state index is 11.8. The van der Waals surface area contributed by atoms with Gasteiger partial charge in [-0.1, -0.05) is 19.9 Å². The highest BCUT2D eigenvalue weighted by atomic mass is 31.2. The molecule has 1 atom stereocenters. The fourth-order valence-electron chi connectivity index (χ4n) is 2.46. The van der Waals surface area contributed by atoms with Crippen molar-refractivity contribution < 1.29 is 19.1 Å². The number of rotatable bonds is 9. The molecular formula is C20H27N4O4P. The van der Waals surface area contributed by atoms with Crippen molar-refractivity contribution in [2.75, 3.05) is 25.0 Å². The summed E-state index contributed by atoms with van der Waals surface area (Å²) in [6.07, 6.45) is 0.821. The quantitative estimate of drug-likeness (QED) is 0.426. The Kier molecular flexibility index (Phi) is 8.08. The van der Waals surface area contributed by atoms with Gasteiger partial charge in [-0.25, -0.2) is 0 Å². The van der Waals surface area contributed by atoms with Crippen LogP contribution in [0.4, 0.5) is 17.1 Å². The number of likely N-dealkylation sites (N-methyl/N-ethyl adjacent to an activating group) is 1. The molecule has 0 saturated heterocycles. The highest BCUT2D eigenvalue weighted by molar-refractivity contribution is 7.60. The van der Waals surface area contributed by atoms with Gasteiger partial charge in [-0.15, -0.1) is 0 Å². The van der Waals surface area contributed by atoms with Crippen LogP contribution in [0.5, 0.6) is 0 Å². The van der Waals surface area contributed by atoms with Crippen LogP contribution >= 0.6 is 7.60 Å². The smallest absolute Gasteiger partial charge is 0.356 e. The minimum atomic E-state index is -4.32. The van der Waals surface area contributed by atoms with E-state index in [1.807, 2.05) is 37.9 Å². The molecular weight excluding hydrogens is 391 g/mol.